The Kier molecular flexibility index (Phi) is 9.72. The van der Waals surface area contributed by atoms with Crippen LogP contribution in [0, 0.1) is 0 Å². The summed E-state index contributed by atoms with van der Waals surface area (Å²) >= 11 is 0. The van der Waals surface area contributed by atoms with E-state index in [1.54, 1.807) is 49.4 Å². The molecule has 42 heavy (non-hydrogen) atoms. The number of nitrogens with zero attached hydrogens (tertiary/aromatic N) is 4. The highest BCUT2D eigenvalue weighted by atomic mass is 19.4. The van der Waals surface area contributed by atoms with Gasteiger partial charge in [-0.3, -0.25) is 4.79 Å². The SMILES string of the molecule is C[C@H]1OC(c2ccc(OCCCO)cc2)=N[C@@]1(Cc1ccccc1CN=[N+]=[N-])C(=O)NCc1cccc(C(F)(F)F)c1. The molecule has 220 valence electrons. The molecule has 1 aliphatic heterocycles. The Morgan fingerprint density at radius 3 is 2.57 bits per heavy atom. The topological polar surface area (TPSA) is 129 Å². The first kappa shape index (κ1) is 30.4. The minimum absolute atomic E-state index is 0.0184. The summed E-state index contributed by atoms with van der Waals surface area (Å²) < 4.78 is 51.4. The molecule has 4 rings (SSSR count). The van der Waals surface area contributed by atoms with Crippen molar-refractivity contribution in [2.75, 3.05) is 13.2 Å². The highest BCUT2D eigenvalue weighted by molar-refractivity contribution is 6.01. The fourth-order valence-electron chi connectivity index (χ4n) is 4.62. The van der Waals surface area contributed by atoms with Gasteiger partial charge in [-0.05, 0) is 65.5 Å². The van der Waals surface area contributed by atoms with Gasteiger partial charge < -0.3 is 19.9 Å². The smallest absolute Gasteiger partial charge is 0.416 e. The van der Waals surface area contributed by atoms with E-state index in [2.05, 4.69) is 15.3 Å². The normalized spacial score (nSPS) is 18.0. The van der Waals surface area contributed by atoms with Crippen LogP contribution in [0.25, 0.3) is 10.4 Å². The van der Waals surface area contributed by atoms with E-state index >= 15 is 0 Å². The number of benzene rings is 3. The summed E-state index contributed by atoms with van der Waals surface area (Å²) in [6.07, 6.45) is -4.68. The second-order valence-electron chi connectivity index (χ2n) is 9.77. The molecule has 0 aromatic heterocycles. The first-order valence-electron chi connectivity index (χ1n) is 13.3. The molecule has 0 aliphatic carbocycles. The van der Waals surface area contributed by atoms with Crippen molar-refractivity contribution < 1.29 is 32.5 Å². The molecule has 3 aromatic rings. The summed E-state index contributed by atoms with van der Waals surface area (Å²) in [4.78, 5) is 21.5. The lowest BCUT2D eigenvalue weighted by Gasteiger charge is -2.29. The van der Waals surface area contributed by atoms with Crippen LogP contribution in [0.5, 0.6) is 5.75 Å². The van der Waals surface area contributed by atoms with Gasteiger partial charge in [0.2, 0.25) is 5.90 Å². The van der Waals surface area contributed by atoms with Crippen LogP contribution >= 0.6 is 0 Å². The van der Waals surface area contributed by atoms with E-state index in [1.807, 2.05) is 6.07 Å². The Hall–Kier alpha value is -4.54. The maximum Gasteiger partial charge on any atom is 0.416 e. The molecule has 0 spiro atoms. The molecule has 1 aliphatic rings. The third-order valence-corrected chi connectivity index (χ3v) is 6.92. The van der Waals surface area contributed by atoms with Gasteiger partial charge in [-0.2, -0.15) is 13.2 Å². The summed E-state index contributed by atoms with van der Waals surface area (Å²) in [5.41, 5.74) is 8.86. The van der Waals surface area contributed by atoms with Gasteiger partial charge in [0.1, 0.15) is 11.9 Å². The van der Waals surface area contributed by atoms with Crippen LogP contribution < -0.4 is 10.1 Å². The zero-order chi connectivity index (χ0) is 30.2. The fraction of sp³-hybridized carbons (Fsp3) is 0.333. The van der Waals surface area contributed by atoms with Crippen LogP contribution in [-0.2, 0) is 35.2 Å². The third kappa shape index (κ3) is 7.20. The molecule has 0 saturated carbocycles. The van der Waals surface area contributed by atoms with Gasteiger partial charge in [-0.25, -0.2) is 4.99 Å². The molecule has 9 nitrogen and oxygen atoms in total. The second kappa shape index (κ2) is 13.4. The summed E-state index contributed by atoms with van der Waals surface area (Å²) in [6.45, 7) is 2.00. The predicted molar refractivity (Wildman–Crippen MR) is 150 cm³/mol. The van der Waals surface area contributed by atoms with E-state index in [4.69, 9.17) is 25.1 Å². The number of hydrogen-bond donors (Lipinski definition) is 2. The Morgan fingerprint density at radius 1 is 1.14 bits per heavy atom. The highest BCUT2D eigenvalue weighted by Crippen LogP contribution is 2.34. The van der Waals surface area contributed by atoms with Crippen LogP contribution in [-0.4, -0.2) is 41.8 Å². The van der Waals surface area contributed by atoms with Crippen LogP contribution in [0.4, 0.5) is 13.2 Å². The molecule has 0 fully saturated rings. The molecule has 2 N–H and O–H groups in total. The Balaban J connectivity index is 1.66. The van der Waals surface area contributed by atoms with Crippen molar-refractivity contribution in [3.05, 3.63) is 111 Å². The summed E-state index contributed by atoms with van der Waals surface area (Å²) in [5.74, 6) is 0.298. The number of carbonyl (C=O) groups is 1. The van der Waals surface area contributed by atoms with Crippen LogP contribution in [0.3, 0.4) is 0 Å². The van der Waals surface area contributed by atoms with E-state index in [-0.39, 0.29) is 37.6 Å². The lowest BCUT2D eigenvalue weighted by atomic mass is 9.84. The summed E-state index contributed by atoms with van der Waals surface area (Å²) in [5, 5.41) is 15.4. The Morgan fingerprint density at radius 2 is 1.88 bits per heavy atom. The lowest BCUT2D eigenvalue weighted by molar-refractivity contribution is -0.137. The minimum Gasteiger partial charge on any atom is -0.494 e. The molecule has 0 radical (unpaired) electrons. The van der Waals surface area contributed by atoms with Gasteiger partial charge >= 0.3 is 6.18 Å². The van der Waals surface area contributed by atoms with Gasteiger partial charge in [-0.1, -0.05) is 41.5 Å². The number of azide groups is 1. The number of aliphatic imine (C=N–C) groups is 1. The van der Waals surface area contributed by atoms with Gasteiger partial charge in [0.25, 0.3) is 5.91 Å². The molecule has 12 heteroatoms. The molecule has 3 aromatic carbocycles. The van der Waals surface area contributed by atoms with E-state index in [1.165, 1.54) is 12.1 Å². The largest absolute Gasteiger partial charge is 0.494 e. The lowest BCUT2D eigenvalue weighted by Crippen LogP contribution is -2.52. The number of ether oxygens (including phenoxy) is 2. The minimum atomic E-state index is -4.51. The van der Waals surface area contributed by atoms with Gasteiger partial charge in [0.05, 0.1) is 18.7 Å². The monoisotopic (exact) mass is 581 g/mol. The molecule has 0 unspecified atom stereocenters. The fourth-order valence-corrected chi connectivity index (χ4v) is 4.62. The van der Waals surface area contributed by atoms with Crippen molar-refractivity contribution in [2.24, 2.45) is 10.1 Å². The molecule has 1 heterocycles. The third-order valence-electron chi connectivity index (χ3n) is 6.92. The average molecular weight is 582 g/mol. The second-order valence-corrected chi connectivity index (χ2v) is 9.77. The van der Waals surface area contributed by atoms with Gasteiger partial charge in [0, 0.05) is 36.5 Å². The number of nitrogens with one attached hydrogen (secondary N) is 1. The number of amides is 1. The van der Waals surface area contributed by atoms with E-state index in [9.17, 15) is 18.0 Å². The van der Waals surface area contributed by atoms with Crippen molar-refractivity contribution in [3.63, 3.8) is 0 Å². The van der Waals surface area contributed by atoms with Crippen LogP contribution in [0.2, 0.25) is 0 Å². The van der Waals surface area contributed by atoms with Crippen LogP contribution in [0.15, 0.2) is 82.9 Å². The van der Waals surface area contributed by atoms with Crippen molar-refractivity contribution in [1.29, 1.82) is 0 Å². The Labute approximate surface area is 240 Å². The number of aliphatic hydroxyl groups is 1. The molecule has 1 amide bonds. The average Bonchev–Trinajstić information content (AvgIpc) is 3.32. The molecule has 0 bridgehead atoms. The molecular weight excluding hydrogens is 551 g/mol. The summed E-state index contributed by atoms with van der Waals surface area (Å²) in [7, 11) is 0. The zero-order valence-electron chi connectivity index (χ0n) is 22.8. The predicted octanol–water partition coefficient (Wildman–Crippen LogP) is 5.74. The number of carbonyl (C=O) groups excluding carboxylic acids is 1. The molecule has 2 atom stereocenters. The van der Waals surface area contributed by atoms with Gasteiger partial charge in [-0.15, -0.1) is 0 Å². The standard InChI is InChI=1S/C30H30F3N5O4/c1-20-29(17-23-7-2-3-8-24(23)19-36-38-34,28(40)35-18-21-6-4-9-25(16-21)30(31,32)33)37-27(42-20)22-10-12-26(13-11-22)41-15-5-14-39/h2-4,6-13,16,20,39H,5,14-15,17-19H2,1H3,(H,35,40)/t20-,29-/m1/s1. The zero-order valence-corrected chi connectivity index (χ0v) is 22.8. The summed E-state index contributed by atoms with van der Waals surface area (Å²) in [6, 6.07) is 18.9. The maximum absolute atomic E-state index is 13.9. The first-order valence-corrected chi connectivity index (χ1v) is 13.3. The van der Waals surface area contributed by atoms with Crippen molar-refractivity contribution >= 4 is 11.8 Å². The maximum atomic E-state index is 13.9. The molecular formula is C30H30F3N5O4. The number of rotatable bonds is 12. The van der Waals surface area contributed by atoms with Crippen LogP contribution in [0.1, 0.15) is 41.2 Å². The number of hydrogen-bond acceptors (Lipinski definition) is 6. The van der Waals surface area contributed by atoms with Gasteiger partial charge in [0.15, 0.2) is 5.54 Å². The Bertz CT molecular complexity index is 1470. The van der Waals surface area contributed by atoms with Crippen molar-refractivity contribution in [1.82, 2.24) is 5.32 Å². The highest BCUT2D eigenvalue weighted by Gasteiger charge is 2.50. The molecule has 0 saturated heterocycles. The number of aliphatic hydroxyl groups excluding tert-OH is 1. The quantitative estimate of drug-likeness (QED) is 0.122. The van der Waals surface area contributed by atoms with E-state index in [0.717, 1.165) is 12.1 Å². The number of alkyl halides is 3. The van der Waals surface area contributed by atoms with Crippen molar-refractivity contribution in [3.8, 4) is 5.75 Å². The van der Waals surface area contributed by atoms with E-state index in [0.29, 0.717) is 35.5 Å². The number of halogens is 3. The first-order chi connectivity index (χ1) is 20.2. The van der Waals surface area contributed by atoms with E-state index < -0.39 is 29.3 Å². The van der Waals surface area contributed by atoms with Crippen molar-refractivity contribution in [2.45, 2.75) is 50.7 Å².